The molecule has 0 spiro atoms. The van der Waals surface area contributed by atoms with Gasteiger partial charge in [0.15, 0.2) is 0 Å². The fourth-order valence-electron chi connectivity index (χ4n) is 3.41. The Hall–Kier alpha value is -1.27. The van der Waals surface area contributed by atoms with E-state index < -0.39 is 6.10 Å². The van der Waals surface area contributed by atoms with Gasteiger partial charge in [0.25, 0.3) is 5.91 Å². The molecule has 3 heterocycles. The van der Waals surface area contributed by atoms with E-state index in [0.717, 1.165) is 13.1 Å². The second-order valence-corrected chi connectivity index (χ2v) is 6.02. The molecular formula is C15H24N2O4. The zero-order valence-corrected chi connectivity index (χ0v) is 12.6. The average Bonchev–Trinajstić information content (AvgIpc) is 2.90. The number of amides is 1. The smallest absolute Gasteiger partial charge is 0.292 e. The molecule has 1 N–H and O–H groups in total. The summed E-state index contributed by atoms with van der Waals surface area (Å²) in [6.07, 6.45) is 3.15. The second-order valence-electron chi connectivity index (χ2n) is 6.02. The maximum Gasteiger partial charge on any atom is 0.292 e. The number of likely N-dealkylation sites (tertiary alicyclic amines) is 2. The predicted molar refractivity (Wildman–Crippen MR) is 76.4 cm³/mol. The minimum absolute atomic E-state index is 0.0552. The first-order valence-corrected chi connectivity index (χ1v) is 7.84. The Morgan fingerprint density at radius 1 is 1.14 bits per heavy atom. The molecule has 0 aromatic rings. The van der Waals surface area contributed by atoms with E-state index in [-0.39, 0.29) is 11.9 Å². The Labute approximate surface area is 125 Å². The molecule has 3 rings (SSSR count). The van der Waals surface area contributed by atoms with Gasteiger partial charge >= 0.3 is 0 Å². The Morgan fingerprint density at radius 3 is 2.57 bits per heavy atom. The van der Waals surface area contributed by atoms with Gasteiger partial charge in [0.2, 0.25) is 5.76 Å². The molecule has 118 valence electrons. The van der Waals surface area contributed by atoms with Gasteiger partial charge in [0.1, 0.15) is 19.0 Å². The number of aliphatic hydroxyl groups is 1. The van der Waals surface area contributed by atoms with E-state index in [9.17, 15) is 9.90 Å². The summed E-state index contributed by atoms with van der Waals surface area (Å²) in [4.78, 5) is 16.5. The largest absolute Gasteiger partial charge is 0.491 e. The zero-order valence-electron chi connectivity index (χ0n) is 12.6. The van der Waals surface area contributed by atoms with Crippen molar-refractivity contribution < 1.29 is 19.4 Å². The first-order valence-electron chi connectivity index (χ1n) is 7.84. The number of hydrogen-bond donors (Lipinski definition) is 1. The molecule has 1 amide bonds. The van der Waals surface area contributed by atoms with Crippen molar-refractivity contribution in [1.82, 2.24) is 9.80 Å². The monoisotopic (exact) mass is 296 g/mol. The van der Waals surface area contributed by atoms with E-state index in [2.05, 4.69) is 4.90 Å². The third-order valence-electron chi connectivity index (χ3n) is 4.57. The molecule has 0 unspecified atom stereocenters. The highest BCUT2D eigenvalue weighted by Gasteiger charge is 2.39. The summed E-state index contributed by atoms with van der Waals surface area (Å²) in [5.74, 6) is 0.681. The number of β-amino-alcohol motifs (C(OH)–C–C–N with tert-alkyl or cyclic N) is 1. The highest BCUT2D eigenvalue weighted by atomic mass is 16.6. The highest BCUT2D eigenvalue weighted by Crippen LogP contribution is 2.24. The van der Waals surface area contributed by atoms with E-state index in [1.807, 2.05) is 0 Å². The van der Waals surface area contributed by atoms with Gasteiger partial charge in [-0.15, -0.1) is 0 Å². The fourth-order valence-corrected chi connectivity index (χ4v) is 3.41. The average molecular weight is 296 g/mol. The van der Waals surface area contributed by atoms with Crippen molar-refractivity contribution >= 4 is 5.91 Å². The Balaban J connectivity index is 1.66. The van der Waals surface area contributed by atoms with Crippen LogP contribution in [0.4, 0.5) is 0 Å². The summed E-state index contributed by atoms with van der Waals surface area (Å²) in [5.41, 5.74) is 0. The van der Waals surface area contributed by atoms with Gasteiger partial charge in [-0.1, -0.05) is 6.42 Å². The number of allylic oxidation sites excluding steroid dienone is 1. The summed E-state index contributed by atoms with van der Waals surface area (Å²) in [7, 11) is 0. The molecular weight excluding hydrogens is 272 g/mol. The Morgan fingerprint density at radius 2 is 1.86 bits per heavy atom. The van der Waals surface area contributed by atoms with Gasteiger partial charge in [-0.3, -0.25) is 9.69 Å². The number of rotatable bonds is 2. The molecule has 21 heavy (non-hydrogen) atoms. The van der Waals surface area contributed by atoms with Crippen LogP contribution in [0.2, 0.25) is 0 Å². The first-order chi connectivity index (χ1) is 10.2. The highest BCUT2D eigenvalue weighted by molar-refractivity contribution is 5.92. The number of aliphatic hydroxyl groups excluding tert-OH is 1. The number of piperidine rings is 1. The van der Waals surface area contributed by atoms with Crippen molar-refractivity contribution in [3.05, 3.63) is 11.5 Å². The lowest BCUT2D eigenvalue weighted by Gasteiger charge is -2.33. The third kappa shape index (κ3) is 3.01. The molecule has 6 heteroatoms. The van der Waals surface area contributed by atoms with Crippen LogP contribution >= 0.6 is 0 Å². The SMILES string of the molecule is CC1=C(C(=O)N2C[C@H](O)[C@@H](N3CCCCC3)C2)OCCO1. The molecule has 2 atom stereocenters. The number of nitrogens with zero attached hydrogens (tertiary/aromatic N) is 2. The van der Waals surface area contributed by atoms with Gasteiger partial charge in [-0.2, -0.15) is 0 Å². The Bertz CT molecular complexity index is 431. The number of ether oxygens (including phenoxy) is 2. The third-order valence-corrected chi connectivity index (χ3v) is 4.57. The van der Waals surface area contributed by atoms with Crippen molar-refractivity contribution in [3.8, 4) is 0 Å². The quantitative estimate of drug-likeness (QED) is 0.795. The van der Waals surface area contributed by atoms with Crippen molar-refractivity contribution in [3.63, 3.8) is 0 Å². The molecule has 0 aromatic heterocycles. The fraction of sp³-hybridized carbons (Fsp3) is 0.800. The minimum Gasteiger partial charge on any atom is -0.491 e. The van der Waals surface area contributed by atoms with E-state index in [0.29, 0.717) is 37.8 Å². The topological polar surface area (TPSA) is 62.2 Å². The predicted octanol–water partition coefficient (Wildman–Crippen LogP) is 0.322. The van der Waals surface area contributed by atoms with Gasteiger partial charge in [0.05, 0.1) is 12.1 Å². The molecule has 2 saturated heterocycles. The second kappa shape index (κ2) is 6.23. The Kier molecular flexibility index (Phi) is 4.35. The van der Waals surface area contributed by atoms with Crippen molar-refractivity contribution in [1.29, 1.82) is 0 Å². The lowest BCUT2D eigenvalue weighted by atomic mass is 10.1. The van der Waals surface area contributed by atoms with Crippen LogP contribution in [0.1, 0.15) is 26.2 Å². The van der Waals surface area contributed by atoms with Crippen molar-refractivity contribution in [2.24, 2.45) is 0 Å². The van der Waals surface area contributed by atoms with Crippen molar-refractivity contribution in [2.45, 2.75) is 38.3 Å². The molecule has 0 aliphatic carbocycles. The molecule has 0 saturated carbocycles. The number of hydrogen-bond acceptors (Lipinski definition) is 5. The van der Waals surface area contributed by atoms with Crippen LogP contribution in [-0.2, 0) is 14.3 Å². The molecule has 0 aromatic carbocycles. The van der Waals surface area contributed by atoms with Crippen LogP contribution in [0, 0.1) is 0 Å². The maximum atomic E-state index is 12.5. The molecule has 3 aliphatic heterocycles. The van der Waals surface area contributed by atoms with Gasteiger partial charge in [0, 0.05) is 13.1 Å². The van der Waals surface area contributed by atoms with Crippen LogP contribution in [0.25, 0.3) is 0 Å². The lowest BCUT2D eigenvalue weighted by molar-refractivity contribution is -0.132. The summed E-state index contributed by atoms with van der Waals surface area (Å²) >= 11 is 0. The van der Waals surface area contributed by atoms with Crippen molar-refractivity contribution in [2.75, 3.05) is 39.4 Å². The van der Waals surface area contributed by atoms with E-state index in [1.54, 1.807) is 11.8 Å². The molecule has 2 fully saturated rings. The summed E-state index contributed by atoms with van der Waals surface area (Å²) < 4.78 is 10.8. The van der Waals surface area contributed by atoms with Crippen LogP contribution in [0.15, 0.2) is 11.5 Å². The number of carbonyl (C=O) groups excluding carboxylic acids is 1. The summed E-state index contributed by atoms with van der Waals surface area (Å²) in [5, 5.41) is 10.3. The van der Waals surface area contributed by atoms with Gasteiger partial charge in [-0.05, 0) is 32.9 Å². The molecule has 6 nitrogen and oxygen atoms in total. The van der Waals surface area contributed by atoms with Crippen LogP contribution in [0.3, 0.4) is 0 Å². The minimum atomic E-state index is -0.475. The van der Waals surface area contributed by atoms with Crippen LogP contribution < -0.4 is 0 Å². The summed E-state index contributed by atoms with van der Waals surface area (Å²) in [6, 6.07) is 0.0552. The first kappa shape index (κ1) is 14.7. The zero-order chi connectivity index (χ0) is 14.8. The number of carbonyl (C=O) groups is 1. The van der Waals surface area contributed by atoms with E-state index in [4.69, 9.17) is 9.47 Å². The lowest BCUT2D eigenvalue weighted by Crippen LogP contribution is -2.46. The van der Waals surface area contributed by atoms with Crippen LogP contribution in [-0.4, -0.2) is 72.4 Å². The maximum absolute atomic E-state index is 12.5. The molecule has 3 aliphatic rings. The van der Waals surface area contributed by atoms with E-state index in [1.165, 1.54) is 19.3 Å². The molecule has 0 bridgehead atoms. The normalized spacial score (nSPS) is 31.0. The van der Waals surface area contributed by atoms with Crippen LogP contribution in [0.5, 0.6) is 0 Å². The van der Waals surface area contributed by atoms with Gasteiger partial charge in [-0.25, -0.2) is 0 Å². The standard InChI is InChI=1S/C15H24N2O4/c1-11-14(21-8-7-20-11)15(19)17-9-12(13(18)10-17)16-5-3-2-4-6-16/h12-13,18H,2-10H2,1H3/t12-,13-/m0/s1. The van der Waals surface area contributed by atoms with E-state index >= 15 is 0 Å². The summed E-state index contributed by atoms with van der Waals surface area (Å²) in [6.45, 7) is 5.63. The molecule has 0 radical (unpaired) electrons. The van der Waals surface area contributed by atoms with Gasteiger partial charge < -0.3 is 19.5 Å².